The summed E-state index contributed by atoms with van der Waals surface area (Å²) in [7, 11) is 0. The normalized spacial score (nSPS) is 21.5. The van der Waals surface area contributed by atoms with Crippen LogP contribution in [0.25, 0.3) is 0 Å². The molecule has 126 valence electrons. The fourth-order valence-corrected chi connectivity index (χ4v) is 4.01. The van der Waals surface area contributed by atoms with Crippen molar-refractivity contribution in [2.24, 2.45) is 5.92 Å². The molecule has 4 rings (SSSR count). The van der Waals surface area contributed by atoms with Crippen LogP contribution >= 0.6 is 0 Å². The summed E-state index contributed by atoms with van der Waals surface area (Å²) in [4.78, 5) is 14.3. The number of piperidine rings is 1. The van der Waals surface area contributed by atoms with E-state index in [1.165, 1.54) is 35.5 Å². The van der Waals surface area contributed by atoms with Crippen molar-refractivity contribution >= 4 is 5.82 Å². The van der Waals surface area contributed by atoms with Crippen LogP contribution in [-0.2, 0) is 19.5 Å². The Morgan fingerprint density at radius 1 is 1.12 bits per heavy atom. The SMILES string of the molecule is C[C@@H]1CCCN(c2ncnc3c2CN(Cc2ccccc2)CC3)C1. The number of hydrogen-bond donors (Lipinski definition) is 0. The van der Waals surface area contributed by atoms with Gasteiger partial charge in [-0.2, -0.15) is 0 Å². The molecular weight excluding hydrogens is 296 g/mol. The molecule has 2 aromatic rings. The van der Waals surface area contributed by atoms with Crippen molar-refractivity contribution in [3.8, 4) is 0 Å². The number of rotatable bonds is 3. The highest BCUT2D eigenvalue weighted by molar-refractivity contribution is 5.50. The molecule has 24 heavy (non-hydrogen) atoms. The maximum absolute atomic E-state index is 4.68. The van der Waals surface area contributed by atoms with Crippen LogP contribution < -0.4 is 4.90 Å². The van der Waals surface area contributed by atoms with E-state index in [0.717, 1.165) is 45.1 Å². The van der Waals surface area contributed by atoms with Crippen LogP contribution in [0.5, 0.6) is 0 Å². The first-order valence-corrected chi connectivity index (χ1v) is 9.13. The first-order valence-electron chi connectivity index (χ1n) is 9.13. The third kappa shape index (κ3) is 3.29. The van der Waals surface area contributed by atoms with Crippen LogP contribution in [0.1, 0.15) is 36.6 Å². The van der Waals surface area contributed by atoms with Crippen LogP contribution in [-0.4, -0.2) is 34.5 Å². The number of benzene rings is 1. The van der Waals surface area contributed by atoms with Gasteiger partial charge in [0, 0.05) is 44.7 Å². The van der Waals surface area contributed by atoms with Gasteiger partial charge in [-0.1, -0.05) is 37.3 Å². The summed E-state index contributed by atoms with van der Waals surface area (Å²) in [6.45, 7) is 7.65. The minimum atomic E-state index is 0.758. The Kier molecular flexibility index (Phi) is 4.48. The molecule has 1 fully saturated rings. The topological polar surface area (TPSA) is 32.3 Å². The van der Waals surface area contributed by atoms with Crippen molar-refractivity contribution in [1.82, 2.24) is 14.9 Å². The second kappa shape index (κ2) is 6.89. The second-order valence-electron chi connectivity index (χ2n) is 7.26. The Balaban J connectivity index is 1.55. The summed E-state index contributed by atoms with van der Waals surface area (Å²) in [6.07, 6.45) is 5.40. The minimum absolute atomic E-state index is 0.758. The highest BCUT2D eigenvalue weighted by Gasteiger charge is 2.26. The highest BCUT2D eigenvalue weighted by atomic mass is 15.2. The smallest absolute Gasteiger partial charge is 0.136 e. The number of nitrogens with zero attached hydrogens (tertiary/aromatic N) is 4. The average molecular weight is 322 g/mol. The lowest BCUT2D eigenvalue weighted by Crippen LogP contribution is -2.38. The molecule has 0 amide bonds. The third-order valence-electron chi connectivity index (χ3n) is 5.26. The van der Waals surface area contributed by atoms with Gasteiger partial charge in [-0.15, -0.1) is 0 Å². The van der Waals surface area contributed by atoms with E-state index >= 15 is 0 Å². The monoisotopic (exact) mass is 322 g/mol. The Morgan fingerprint density at radius 2 is 2.00 bits per heavy atom. The predicted octanol–water partition coefficient (Wildman–Crippen LogP) is 3.27. The quantitative estimate of drug-likeness (QED) is 0.868. The first kappa shape index (κ1) is 15.6. The molecule has 0 spiro atoms. The van der Waals surface area contributed by atoms with E-state index < -0.39 is 0 Å². The van der Waals surface area contributed by atoms with Crippen molar-refractivity contribution in [2.45, 2.75) is 39.3 Å². The van der Waals surface area contributed by atoms with E-state index in [2.05, 4.69) is 57.0 Å². The molecule has 1 aromatic heterocycles. The number of fused-ring (bicyclic) bond motifs is 1. The van der Waals surface area contributed by atoms with Crippen molar-refractivity contribution in [3.63, 3.8) is 0 Å². The number of anilines is 1. The van der Waals surface area contributed by atoms with Crippen LogP contribution in [0.3, 0.4) is 0 Å². The average Bonchev–Trinajstić information content (AvgIpc) is 2.62. The van der Waals surface area contributed by atoms with Crippen LogP contribution in [0, 0.1) is 5.92 Å². The van der Waals surface area contributed by atoms with Gasteiger partial charge in [0.05, 0.1) is 5.69 Å². The molecule has 4 nitrogen and oxygen atoms in total. The molecule has 0 bridgehead atoms. The molecule has 3 heterocycles. The van der Waals surface area contributed by atoms with Gasteiger partial charge in [-0.25, -0.2) is 9.97 Å². The van der Waals surface area contributed by atoms with Gasteiger partial charge >= 0.3 is 0 Å². The Morgan fingerprint density at radius 3 is 2.83 bits per heavy atom. The minimum Gasteiger partial charge on any atom is -0.356 e. The van der Waals surface area contributed by atoms with Gasteiger partial charge in [0.15, 0.2) is 0 Å². The molecule has 1 atom stereocenters. The number of aromatic nitrogens is 2. The molecule has 1 saturated heterocycles. The summed E-state index contributed by atoms with van der Waals surface area (Å²) in [5.41, 5.74) is 3.99. The molecule has 4 heteroatoms. The third-order valence-corrected chi connectivity index (χ3v) is 5.26. The molecule has 0 N–H and O–H groups in total. The van der Waals surface area contributed by atoms with Crippen molar-refractivity contribution in [2.75, 3.05) is 24.5 Å². The maximum atomic E-state index is 4.68. The zero-order chi connectivity index (χ0) is 16.4. The fraction of sp³-hybridized carbons (Fsp3) is 0.500. The van der Waals surface area contributed by atoms with Gasteiger partial charge in [0.2, 0.25) is 0 Å². The van der Waals surface area contributed by atoms with Gasteiger partial charge in [0.1, 0.15) is 12.1 Å². The van der Waals surface area contributed by atoms with Gasteiger partial charge in [-0.05, 0) is 24.3 Å². The van der Waals surface area contributed by atoms with Crippen molar-refractivity contribution < 1.29 is 0 Å². The van der Waals surface area contributed by atoms with Gasteiger partial charge in [-0.3, -0.25) is 4.90 Å². The Bertz CT molecular complexity index is 685. The summed E-state index contributed by atoms with van der Waals surface area (Å²) >= 11 is 0. The molecule has 0 radical (unpaired) electrons. The van der Waals surface area contributed by atoms with Crippen molar-refractivity contribution in [1.29, 1.82) is 0 Å². The van der Waals surface area contributed by atoms with Crippen LogP contribution in [0.2, 0.25) is 0 Å². The Labute approximate surface area is 144 Å². The first-order chi connectivity index (χ1) is 11.8. The van der Waals surface area contributed by atoms with Crippen molar-refractivity contribution in [3.05, 3.63) is 53.5 Å². The van der Waals surface area contributed by atoms with E-state index in [9.17, 15) is 0 Å². The van der Waals surface area contributed by atoms with Crippen LogP contribution in [0.15, 0.2) is 36.7 Å². The maximum Gasteiger partial charge on any atom is 0.136 e. The lowest BCUT2D eigenvalue weighted by atomic mass is 9.98. The lowest BCUT2D eigenvalue weighted by Gasteiger charge is -2.36. The number of hydrogen-bond acceptors (Lipinski definition) is 4. The zero-order valence-electron chi connectivity index (χ0n) is 14.5. The van der Waals surface area contributed by atoms with Crippen LogP contribution in [0.4, 0.5) is 5.82 Å². The largest absolute Gasteiger partial charge is 0.356 e. The zero-order valence-corrected chi connectivity index (χ0v) is 14.5. The lowest BCUT2D eigenvalue weighted by molar-refractivity contribution is 0.242. The standard InChI is InChI=1S/C20H26N4/c1-16-6-5-10-24(12-16)20-18-14-23(11-9-19(18)21-15-22-20)13-17-7-3-2-4-8-17/h2-4,7-8,15-16H,5-6,9-14H2,1H3/t16-/m1/s1. The van der Waals surface area contributed by atoms with Gasteiger partial charge in [0.25, 0.3) is 0 Å². The van der Waals surface area contributed by atoms with E-state index in [4.69, 9.17) is 0 Å². The summed E-state index contributed by atoms with van der Waals surface area (Å²) in [5, 5.41) is 0. The second-order valence-corrected chi connectivity index (χ2v) is 7.26. The van der Waals surface area contributed by atoms with E-state index in [-0.39, 0.29) is 0 Å². The molecule has 2 aliphatic rings. The van der Waals surface area contributed by atoms with Gasteiger partial charge < -0.3 is 4.90 Å². The fourth-order valence-electron chi connectivity index (χ4n) is 4.01. The summed E-state index contributed by atoms with van der Waals surface area (Å²) in [5.74, 6) is 1.94. The summed E-state index contributed by atoms with van der Waals surface area (Å²) < 4.78 is 0. The molecular formula is C20H26N4. The van der Waals surface area contributed by atoms with E-state index in [0.29, 0.717) is 0 Å². The summed E-state index contributed by atoms with van der Waals surface area (Å²) in [6, 6.07) is 10.8. The Hall–Kier alpha value is -1.94. The van der Waals surface area contributed by atoms with E-state index in [1.54, 1.807) is 6.33 Å². The molecule has 2 aliphatic heterocycles. The molecule has 0 saturated carbocycles. The molecule has 0 unspecified atom stereocenters. The highest BCUT2D eigenvalue weighted by Crippen LogP contribution is 2.29. The van der Waals surface area contributed by atoms with E-state index in [1.807, 2.05) is 0 Å². The molecule has 1 aromatic carbocycles. The molecule has 0 aliphatic carbocycles. The predicted molar refractivity (Wildman–Crippen MR) is 96.9 cm³/mol.